The fourth-order valence-electron chi connectivity index (χ4n) is 3.24. The molecule has 0 aromatic heterocycles. The molecule has 0 amide bonds. The summed E-state index contributed by atoms with van der Waals surface area (Å²) in [5, 5.41) is 0. The lowest BCUT2D eigenvalue weighted by Gasteiger charge is -2.54. The van der Waals surface area contributed by atoms with Crippen LogP contribution < -0.4 is 12.4 Å². The third kappa shape index (κ3) is 6.02. The number of rotatable bonds is 3. The van der Waals surface area contributed by atoms with Gasteiger partial charge in [0, 0.05) is 5.56 Å². The second-order valence-electron chi connectivity index (χ2n) is 6.54. The van der Waals surface area contributed by atoms with Crippen molar-refractivity contribution in [1.82, 2.24) is 0 Å². The normalized spacial score (nSPS) is 29.2. The van der Waals surface area contributed by atoms with Gasteiger partial charge in [-0.1, -0.05) is 30.3 Å². The van der Waals surface area contributed by atoms with Crippen molar-refractivity contribution in [3.8, 4) is 0 Å². The molecule has 0 atom stereocenters. The van der Waals surface area contributed by atoms with Crippen LogP contribution in [0.25, 0.3) is 0 Å². The van der Waals surface area contributed by atoms with E-state index in [1.165, 1.54) is 60.3 Å². The molecule has 6 nitrogen and oxygen atoms in total. The Bertz CT molecular complexity index is 570. The Hall–Kier alpha value is -0.700. The molecule has 1 aromatic rings. The van der Waals surface area contributed by atoms with E-state index in [4.69, 9.17) is 4.55 Å². The van der Waals surface area contributed by atoms with E-state index in [2.05, 4.69) is 41.6 Å². The smallest absolute Gasteiger partial charge is 0.397 e. The van der Waals surface area contributed by atoms with Gasteiger partial charge in [-0.25, -0.2) is 0 Å². The first-order valence-corrected chi connectivity index (χ1v) is 8.88. The van der Waals surface area contributed by atoms with E-state index in [9.17, 15) is 8.42 Å². The number of likely N-dealkylation sites (N-methyl/N-ethyl adjacent to an activating group) is 1. The molecule has 3 fully saturated rings. The molecule has 132 valence electrons. The van der Waals surface area contributed by atoms with Crippen molar-refractivity contribution < 1.29 is 38.5 Å². The van der Waals surface area contributed by atoms with E-state index in [-0.39, 0.29) is 12.4 Å². The van der Waals surface area contributed by atoms with E-state index < -0.39 is 10.4 Å². The maximum absolute atomic E-state index is 9.33. The Kier molecular flexibility index (Phi) is 7.00. The summed E-state index contributed by atoms with van der Waals surface area (Å²) >= 11 is 0. The molecule has 3 heterocycles. The van der Waals surface area contributed by atoms with E-state index in [1.54, 1.807) is 0 Å². The second kappa shape index (κ2) is 7.92. The fraction of sp³-hybridized carbons (Fsp3) is 0.600. The summed E-state index contributed by atoms with van der Waals surface area (Å²) in [6.45, 7) is 9.54. The van der Waals surface area contributed by atoms with Crippen LogP contribution in [-0.2, 0) is 21.1 Å². The molecular weight excluding hydrogens is 340 g/mol. The van der Waals surface area contributed by atoms with Gasteiger partial charge in [0.05, 0.1) is 14.2 Å². The van der Waals surface area contributed by atoms with Crippen molar-refractivity contribution >= 4 is 10.4 Å². The summed E-state index contributed by atoms with van der Waals surface area (Å²) in [6.07, 6.45) is 0. The summed E-state index contributed by atoms with van der Waals surface area (Å²) in [6, 6.07) is 11.0. The van der Waals surface area contributed by atoms with Crippen LogP contribution >= 0.6 is 0 Å². The lowest BCUT2D eigenvalue weighted by molar-refractivity contribution is -1.08. The maximum Gasteiger partial charge on any atom is 0.397 e. The van der Waals surface area contributed by atoms with E-state index in [0.717, 1.165) is 7.11 Å². The van der Waals surface area contributed by atoms with E-state index in [0.29, 0.717) is 0 Å². The van der Waals surface area contributed by atoms with Crippen molar-refractivity contribution in [2.75, 3.05) is 53.4 Å². The van der Waals surface area contributed by atoms with Crippen molar-refractivity contribution in [3.05, 3.63) is 35.9 Å². The monoisotopic (exact) mass is 365 g/mol. The molecule has 0 aliphatic carbocycles. The topological polar surface area (TPSA) is 63.6 Å². The number of hydrogen-bond acceptors (Lipinski definition) is 3. The number of fused-ring (bicyclic) bond motifs is 3. The molecule has 1 aromatic carbocycles. The number of hydrogen-bond donors (Lipinski definition) is 1. The Morgan fingerprint density at radius 2 is 1.48 bits per heavy atom. The zero-order chi connectivity index (χ0) is 16.3. The van der Waals surface area contributed by atoms with Gasteiger partial charge >= 0.3 is 10.4 Å². The fourth-order valence-corrected chi connectivity index (χ4v) is 3.24. The zero-order valence-corrected chi connectivity index (χ0v) is 15.3. The van der Waals surface area contributed by atoms with Crippen LogP contribution in [0.5, 0.6) is 0 Å². The molecule has 8 heteroatoms. The first-order valence-electron chi connectivity index (χ1n) is 7.52. The minimum atomic E-state index is -4.16. The Balaban J connectivity index is 0.000000330. The highest BCUT2D eigenvalue weighted by atomic mass is 35.5. The van der Waals surface area contributed by atoms with Crippen LogP contribution in [0.3, 0.4) is 0 Å². The molecule has 0 spiro atoms. The van der Waals surface area contributed by atoms with Crippen molar-refractivity contribution in [1.29, 1.82) is 0 Å². The van der Waals surface area contributed by atoms with Gasteiger partial charge in [-0.15, -0.1) is 0 Å². The van der Waals surface area contributed by atoms with Gasteiger partial charge in [-0.2, -0.15) is 8.42 Å². The maximum atomic E-state index is 9.33. The third-order valence-electron chi connectivity index (χ3n) is 4.91. The van der Waals surface area contributed by atoms with E-state index in [1.807, 2.05) is 0 Å². The Labute approximate surface area is 145 Å². The van der Waals surface area contributed by atoms with Crippen LogP contribution in [-0.4, -0.2) is 75.4 Å². The van der Waals surface area contributed by atoms with Gasteiger partial charge < -0.3 is 21.4 Å². The number of quaternary nitrogens is 2. The van der Waals surface area contributed by atoms with Crippen LogP contribution in [0.1, 0.15) is 5.56 Å². The molecule has 1 N–H and O–H groups in total. The van der Waals surface area contributed by atoms with Gasteiger partial charge in [-0.05, 0) is 0 Å². The highest BCUT2D eigenvalue weighted by molar-refractivity contribution is 7.80. The summed E-state index contributed by atoms with van der Waals surface area (Å²) in [7, 11) is -0.866. The van der Waals surface area contributed by atoms with Gasteiger partial charge in [0.15, 0.2) is 0 Å². The van der Waals surface area contributed by atoms with Gasteiger partial charge in [0.25, 0.3) is 0 Å². The van der Waals surface area contributed by atoms with Crippen molar-refractivity contribution in [2.24, 2.45) is 0 Å². The first kappa shape index (κ1) is 20.3. The predicted octanol–water partition coefficient (Wildman–Crippen LogP) is -2.08. The van der Waals surface area contributed by atoms with Gasteiger partial charge in [-0.3, -0.25) is 8.74 Å². The summed E-state index contributed by atoms with van der Waals surface area (Å²) < 4.78 is 32.4. The Morgan fingerprint density at radius 1 is 1.04 bits per heavy atom. The quantitative estimate of drug-likeness (QED) is 0.493. The number of halogens is 1. The molecule has 0 radical (unpaired) electrons. The number of nitrogens with zero attached hydrogens (tertiary/aromatic N) is 2. The number of piperazine rings is 3. The highest BCUT2D eigenvalue weighted by Crippen LogP contribution is 2.27. The summed E-state index contributed by atoms with van der Waals surface area (Å²) in [5.41, 5.74) is 1.51. The van der Waals surface area contributed by atoms with Crippen molar-refractivity contribution in [2.45, 2.75) is 6.54 Å². The third-order valence-corrected chi connectivity index (χ3v) is 5.34. The van der Waals surface area contributed by atoms with E-state index >= 15 is 0 Å². The lowest BCUT2D eigenvalue weighted by atomic mass is 10.1. The highest BCUT2D eigenvalue weighted by Gasteiger charge is 2.46. The van der Waals surface area contributed by atoms with Crippen LogP contribution in [0.4, 0.5) is 0 Å². The van der Waals surface area contributed by atoms with Crippen LogP contribution in [0.15, 0.2) is 30.3 Å². The number of benzene rings is 1. The standard InChI is InChI=1S/C14H22N2.CH4O4S.ClH/c1-15-7-10-16(11-8-15,12-9-15)13-14-5-3-2-4-6-14;1-5-6(2,3)4;/h2-6H,7-13H2,1H3;1H3,(H,2,3,4);1H/q+2;;/p-1. The SMILES string of the molecule is COS(=O)(=O)O.C[N+]12CC[N+](Cc3ccccc3)(CC1)CC2.[Cl-]. The molecule has 2 bridgehead atoms. The van der Waals surface area contributed by atoms with Gasteiger partial charge in [0.1, 0.15) is 45.8 Å². The molecule has 0 saturated carbocycles. The molecule has 3 saturated heterocycles. The Morgan fingerprint density at radius 3 is 1.87 bits per heavy atom. The molecule has 23 heavy (non-hydrogen) atoms. The summed E-state index contributed by atoms with van der Waals surface area (Å²) in [5.74, 6) is 0. The average Bonchev–Trinajstić information content (AvgIpc) is 2.50. The minimum absolute atomic E-state index is 0. The second-order valence-corrected chi connectivity index (χ2v) is 7.73. The molecule has 3 aliphatic heterocycles. The predicted molar refractivity (Wildman–Crippen MR) is 84.4 cm³/mol. The molecular formula is C15H26ClN2O4S+. The molecule has 0 unspecified atom stereocenters. The van der Waals surface area contributed by atoms with Gasteiger partial charge in [0.2, 0.25) is 0 Å². The molecule has 4 rings (SSSR count). The minimum Gasteiger partial charge on any atom is -1.00 e. The average molecular weight is 366 g/mol. The van der Waals surface area contributed by atoms with Crippen LogP contribution in [0.2, 0.25) is 0 Å². The largest absolute Gasteiger partial charge is 1.00 e. The first-order chi connectivity index (χ1) is 10.3. The lowest BCUT2D eigenvalue weighted by Crippen LogP contribution is -3.00. The molecule has 3 aliphatic rings. The zero-order valence-electron chi connectivity index (χ0n) is 13.7. The van der Waals surface area contributed by atoms with Crippen molar-refractivity contribution in [3.63, 3.8) is 0 Å². The van der Waals surface area contributed by atoms with Crippen LogP contribution in [0, 0.1) is 0 Å². The summed E-state index contributed by atoms with van der Waals surface area (Å²) in [4.78, 5) is 0.